The first-order valence-electron chi connectivity index (χ1n) is 5.83. The molecular weight excluding hydrogens is 327 g/mol. The zero-order valence-corrected chi connectivity index (χ0v) is 12.3. The van der Waals surface area contributed by atoms with Crippen LogP contribution in [-0.2, 0) is 11.3 Å². The first kappa shape index (κ1) is 14.5. The summed E-state index contributed by atoms with van der Waals surface area (Å²) in [4.78, 5) is 15.8. The van der Waals surface area contributed by atoms with Gasteiger partial charge in [-0.15, -0.1) is 0 Å². The molecule has 0 spiro atoms. The number of rotatable bonds is 4. The third kappa shape index (κ3) is 3.33. The van der Waals surface area contributed by atoms with Gasteiger partial charge in [0, 0.05) is 22.8 Å². The number of anilines is 1. The summed E-state index contributed by atoms with van der Waals surface area (Å²) in [6.07, 6.45) is 1.55. The highest BCUT2D eigenvalue weighted by molar-refractivity contribution is 9.10. The molecule has 0 radical (unpaired) electrons. The van der Waals surface area contributed by atoms with Crippen molar-refractivity contribution in [1.29, 1.82) is 0 Å². The number of hydrogen-bond donors (Lipinski definition) is 1. The predicted molar refractivity (Wildman–Crippen MR) is 77.0 cm³/mol. The summed E-state index contributed by atoms with van der Waals surface area (Å²) in [5.41, 5.74) is 0.784. The molecule has 0 unspecified atom stereocenters. The summed E-state index contributed by atoms with van der Waals surface area (Å²) in [5.74, 6) is -0.463. The zero-order valence-electron chi connectivity index (χ0n) is 10.7. The number of hydrogen-bond acceptors (Lipinski definition) is 4. The van der Waals surface area contributed by atoms with Crippen LogP contribution < -0.4 is 5.32 Å². The molecule has 2 rings (SSSR count). The van der Waals surface area contributed by atoms with Crippen molar-refractivity contribution in [3.8, 4) is 0 Å². The quantitative estimate of drug-likeness (QED) is 0.868. The highest BCUT2D eigenvalue weighted by Gasteiger charge is 2.14. The lowest BCUT2D eigenvalue weighted by Crippen LogP contribution is -2.10. The summed E-state index contributed by atoms with van der Waals surface area (Å²) >= 11 is 3.24. The highest BCUT2D eigenvalue weighted by Crippen LogP contribution is 2.20. The monoisotopic (exact) mass is 338 g/mol. The van der Waals surface area contributed by atoms with Crippen molar-refractivity contribution < 1.29 is 13.9 Å². The molecule has 0 fully saturated rings. The van der Waals surface area contributed by atoms with E-state index < -0.39 is 5.97 Å². The van der Waals surface area contributed by atoms with Gasteiger partial charge in [0.05, 0.1) is 7.11 Å². The van der Waals surface area contributed by atoms with E-state index in [1.807, 2.05) is 0 Å². The fraction of sp³-hybridized carbons (Fsp3) is 0.143. The predicted octanol–water partition coefficient (Wildman–Crippen LogP) is 3.38. The van der Waals surface area contributed by atoms with Crippen LogP contribution in [0, 0.1) is 5.82 Å². The molecule has 104 valence electrons. The SMILES string of the molecule is COC(=O)c1cc(Br)cnc1NCc1ccccc1F. The Morgan fingerprint density at radius 3 is 2.90 bits per heavy atom. The van der Waals surface area contributed by atoms with Crippen LogP contribution in [0.5, 0.6) is 0 Å². The first-order valence-corrected chi connectivity index (χ1v) is 6.62. The maximum Gasteiger partial charge on any atom is 0.341 e. The molecule has 0 amide bonds. The molecule has 0 saturated carbocycles. The van der Waals surface area contributed by atoms with Gasteiger partial charge in [-0.25, -0.2) is 14.2 Å². The van der Waals surface area contributed by atoms with Crippen molar-refractivity contribution in [2.24, 2.45) is 0 Å². The minimum Gasteiger partial charge on any atom is -0.465 e. The second kappa shape index (κ2) is 6.47. The third-order valence-corrected chi connectivity index (χ3v) is 3.10. The van der Waals surface area contributed by atoms with E-state index in [9.17, 15) is 9.18 Å². The van der Waals surface area contributed by atoms with E-state index in [1.165, 1.54) is 13.2 Å². The largest absolute Gasteiger partial charge is 0.465 e. The van der Waals surface area contributed by atoms with Gasteiger partial charge < -0.3 is 10.1 Å². The number of pyridine rings is 1. The molecule has 6 heteroatoms. The molecule has 1 N–H and O–H groups in total. The highest BCUT2D eigenvalue weighted by atomic mass is 79.9. The van der Waals surface area contributed by atoms with E-state index in [2.05, 4.69) is 26.2 Å². The second-order valence-corrected chi connectivity index (χ2v) is 4.90. The van der Waals surface area contributed by atoms with E-state index in [4.69, 9.17) is 4.74 Å². The Hall–Kier alpha value is -1.95. The normalized spacial score (nSPS) is 10.2. The minimum absolute atomic E-state index is 0.227. The summed E-state index contributed by atoms with van der Waals surface area (Å²) in [6.45, 7) is 0.227. The van der Waals surface area contributed by atoms with Crippen molar-refractivity contribution in [2.45, 2.75) is 6.54 Å². The lowest BCUT2D eigenvalue weighted by atomic mass is 10.2. The van der Waals surface area contributed by atoms with Crippen LogP contribution >= 0.6 is 15.9 Å². The van der Waals surface area contributed by atoms with Gasteiger partial charge in [0.15, 0.2) is 0 Å². The molecule has 0 aliphatic heterocycles. The number of halogens is 2. The molecule has 0 bridgehead atoms. The molecule has 1 aromatic carbocycles. The number of nitrogens with zero attached hydrogens (tertiary/aromatic N) is 1. The summed E-state index contributed by atoms with van der Waals surface area (Å²) < 4.78 is 18.9. The van der Waals surface area contributed by atoms with Crippen LogP contribution in [0.25, 0.3) is 0 Å². The molecule has 2 aromatic rings. The van der Waals surface area contributed by atoms with Gasteiger partial charge in [-0.3, -0.25) is 0 Å². The minimum atomic E-state index is -0.505. The Balaban J connectivity index is 2.21. The zero-order chi connectivity index (χ0) is 14.5. The second-order valence-electron chi connectivity index (χ2n) is 3.99. The molecule has 0 aliphatic rings. The number of carbonyl (C=O) groups excluding carboxylic acids is 1. The summed E-state index contributed by atoms with van der Waals surface area (Å²) in [7, 11) is 1.30. The topological polar surface area (TPSA) is 51.2 Å². The van der Waals surface area contributed by atoms with E-state index >= 15 is 0 Å². The third-order valence-electron chi connectivity index (χ3n) is 2.66. The van der Waals surface area contributed by atoms with E-state index in [-0.39, 0.29) is 12.4 Å². The standard InChI is InChI=1S/C14H12BrFN2O2/c1-20-14(19)11-6-10(15)8-18-13(11)17-7-9-4-2-3-5-12(9)16/h2-6,8H,7H2,1H3,(H,17,18). The molecule has 1 heterocycles. The molecule has 0 atom stereocenters. The Morgan fingerprint density at radius 1 is 1.45 bits per heavy atom. The maximum atomic E-state index is 13.5. The van der Waals surface area contributed by atoms with Gasteiger partial charge in [0.1, 0.15) is 17.2 Å². The first-order chi connectivity index (χ1) is 9.61. The number of aromatic nitrogens is 1. The van der Waals surface area contributed by atoms with Gasteiger partial charge in [-0.1, -0.05) is 18.2 Å². The van der Waals surface area contributed by atoms with E-state index in [0.29, 0.717) is 21.4 Å². The Labute approximate surface area is 124 Å². The van der Waals surface area contributed by atoms with Crippen molar-refractivity contribution in [1.82, 2.24) is 4.98 Å². The van der Waals surface area contributed by atoms with Crippen LogP contribution in [0.1, 0.15) is 15.9 Å². The van der Waals surface area contributed by atoms with Gasteiger partial charge in [-0.05, 0) is 28.1 Å². The van der Waals surface area contributed by atoms with Crippen molar-refractivity contribution >= 4 is 27.7 Å². The van der Waals surface area contributed by atoms with Gasteiger partial charge >= 0.3 is 5.97 Å². The summed E-state index contributed by atoms with van der Waals surface area (Å²) in [6, 6.07) is 8.02. The van der Waals surface area contributed by atoms with Crippen LogP contribution in [0.2, 0.25) is 0 Å². The average Bonchev–Trinajstić information content (AvgIpc) is 2.46. The van der Waals surface area contributed by atoms with Gasteiger partial charge in [0.25, 0.3) is 0 Å². The summed E-state index contributed by atoms with van der Waals surface area (Å²) in [5, 5.41) is 2.94. The number of benzene rings is 1. The fourth-order valence-electron chi connectivity index (χ4n) is 1.67. The van der Waals surface area contributed by atoms with E-state index in [1.54, 1.807) is 30.5 Å². The van der Waals surface area contributed by atoms with Crippen molar-refractivity contribution in [2.75, 3.05) is 12.4 Å². The van der Waals surface area contributed by atoms with Crippen molar-refractivity contribution in [3.05, 3.63) is 57.9 Å². The van der Waals surface area contributed by atoms with Crippen LogP contribution in [0.15, 0.2) is 41.0 Å². The Bertz CT molecular complexity index is 634. The average molecular weight is 339 g/mol. The molecule has 0 saturated heterocycles. The molecular formula is C14H12BrFN2O2. The van der Waals surface area contributed by atoms with E-state index in [0.717, 1.165) is 0 Å². The Morgan fingerprint density at radius 2 is 2.20 bits per heavy atom. The van der Waals surface area contributed by atoms with Crippen molar-refractivity contribution in [3.63, 3.8) is 0 Å². The fourth-order valence-corrected chi connectivity index (χ4v) is 2.00. The van der Waals surface area contributed by atoms with Gasteiger partial charge in [0.2, 0.25) is 0 Å². The number of nitrogens with one attached hydrogen (secondary N) is 1. The van der Waals surface area contributed by atoms with Gasteiger partial charge in [-0.2, -0.15) is 0 Å². The van der Waals surface area contributed by atoms with Crippen LogP contribution in [0.3, 0.4) is 0 Å². The molecule has 1 aromatic heterocycles. The molecule has 20 heavy (non-hydrogen) atoms. The number of methoxy groups -OCH3 is 1. The number of esters is 1. The number of carbonyl (C=O) groups is 1. The smallest absolute Gasteiger partial charge is 0.341 e. The molecule has 4 nitrogen and oxygen atoms in total. The van der Waals surface area contributed by atoms with Crippen LogP contribution in [-0.4, -0.2) is 18.1 Å². The lowest BCUT2D eigenvalue weighted by molar-refractivity contribution is 0.0601. The van der Waals surface area contributed by atoms with Crippen LogP contribution in [0.4, 0.5) is 10.2 Å². The maximum absolute atomic E-state index is 13.5. The Kier molecular flexibility index (Phi) is 4.68. The number of ether oxygens (including phenoxy) is 1. The molecule has 0 aliphatic carbocycles. The lowest BCUT2D eigenvalue weighted by Gasteiger charge is -2.10.